The zero-order chi connectivity index (χ0) is 17.5. The maximum absolute atomic E-state index is 13.7. The molecule has 0 aliphatic rings. The van der Waals surface area contributed by atoms with Crippen molar-refractivity contribution in [3.8, 4) is 11.5 Å². The summed E-state index contributed by atoms with van der Waals surface area (Å²) in [6.07, 6.45) is 0. The summed E-state index contributed by atoms with van der Waals surface area (Å²) in [5.74, 6) is 0.480. The van der Waals surface area contributed by atoms with Crippen LogP contribution < -0.4 is 14.8 Å². The Labute approximate surface area is 141 Å². The van der Waals surface area contributed by atoms with Gasteiger partial charge in [0.05, 0.1) is 14.2 Å². The van der Waals surface area contributed by atoms with E-state index in [2.05, 4.69) is 5.32 Å². The first kappa shape index (κ1) is 17.6. The third kappa shape index (κ3) is 4.62. The number of methoxy groups -OCH3 is 2. The quantitative estimate of drug-likeness (QED) is 0.884. The number of halogens is 1. The summed E-state index contributed by atoms with van der Waals surface area (Å²) in [7, 11) is 4.67. The highest BCUT2D eigenvalue weighted by atomic mass is 19.1. The summed E-state index contributed by atoms with van der Waals surface area (Å²) >= 11 is 0. The Bertz CT molecular complexity index is 706. The van der Waals surface area contributed by atoms with E-state index in [1.165, 1.54) is 18.1 Å². The lowest BCUT2D eigenvalue weighted by atomic mass is 10.2. The fourth-order valence-corrected chi connectivity index (χ4v) is 2.25. The second kappa shape index (κ2) is 8.19. The summed E-state index contributed by atoms with van der Waals surface area (Å²) in [6.45, 7) is 0.683. The first-order valence-electron chi connectivity index (χ1n) is 7.47. The zero-order valence-electron chi connectivity index (χ0n) is 14.0. The van der Waals surface area contributed by atoms with Crippen molar-refractivity contribution in [2.24, 2.45) is 0 Å². The van der Waals surface area contributed by atoms with E-state index in [1.807, 2.05) is 24.3 Å². The summed E-state index contributed by atoms with van der Waals surface area (Å²) in [5.41, 5.74) is 1.62. The fourth-order valence-electron chi connectivity index (χ4n) is 2.25. The van der Waals surface area contributed by atoms with Gasteiger partial charge in [0.25, 0.3) is 0 Å². The lowest BCUT2D eigenvalue weighted by molar-refractivity contribution is 0.206. The van der Waals surface area contributed by atoms with Gasteiger partial charge in [-0.25, -0.2) is 9.18 Å². The van der Waals surface area contributed by atoms with Gasteiger partial charge in [0.2, 0.25) is 0 Å². The molecule has 0 aliphatic carbocycles. The highest BCUT2D eigenvalue weighted by molar-refractivity contribution is 5.73. The predicted molar refractivity (Wildman–Crippen MR) is 89.6 cm³/mol. The Hall–Kier alpha value is -2.76. The van der Waals surface area contributed by atoms with E-state index in [0.717, 1.165) is 11.3 Å². The number of rotatable bonds is 6. The zero-order valence-corrected chi connectivity index (χ0v) is 14.0. The number of nitrogens with zero attached hydrogens (tertiary/aromatic N) is 1. The average molecular weight is 332 g/mol. The molecule has 6 heteroatoms. The van der Waals surface area contributed by atoms with Crippen LogP contribution in [0.4, 0.5) is 9.18 Å². The highest BCUT2D eigenvalue weighted by Crippen LogP contribution is 2.18. The van der Waals surface area contributed by atoms with E-state index in [4.69, 9.17) is 9.47 Å². The SMILES string of the molecule is COc1cccc(CNC(=O)N(C)Cc2ccc(OC)c(F)c2)c1. The first-order valence-corrected chi connectivity index (χ1v) is 7.47. The van der Waals surface area contributed by atoms with Crippen molar-refractivity contribution in [2.45, 2.75) is 13.1 Å². The summed E-state index contributed by atoms with van der Waals surface area (Å²) in [5, 5.41) is 2.82. The van der Waals surface area contributed by atoms with Crippen LogP contribution in [0.3, 0.4) is 0 Å². The van der Waals surface area contributed by atoms with Crippen molar-refractivity contribution >= 4 is 6.03 Å². The molecule has 24 heavy (non-hydrogen) atoms. The molecular formula is C18H21FN2O3. The molecule has 0 radical (unpaired) electrons. The number of carbonyl (C=O) groups is 1. The second-order valence-electron chi connectivity index (χ2n) is 5.34. The second-order valence-corrected chi connectivity index (χ2v) is 5.34. The van der Waals surface area contributed by atoms with Crippen LogP contribution in [0, 0.1) is 5.82 Å². The van der Waals surface area contributed by atoms with Crippen molar-refractivity contribution in [3.05, 3.63) is 59.4 Å². The molecule has 0 saturated heterocycles. The minimum absolute atomic E-state index is 0.184. The van der Waals surface area contributed by atoms with Crippen molar-refractivity contribution in [1.82, 2.24) is 10.2 Å². The molecule has 0 fully saturated rings. The van der Waals surface area contributed by atoms with Gasteiger partial charge in [0.15, 0.2) is 11.6 Å². The minimum Gasteiger partial charge on any atom is -0.497 e. The molecule has 2 rings (SSSR count). The van der Waals surface area contributed by atoms with E-state index in [1.54, 1.807) is 26.3 Å². The molecule has 0 atom stereocenters. The first-order chi connectivity index (χ1) is 11.5. The van der Waals surface area contributed by atoms with Gasteiger partial charge in [-0.1, -0.05) is 18.2 Å². The Balaban J connectivity index is 1.91. The topological polar surface area (TPSA) is 50.8 Å². The van der Waals surface area contributed by atoms with Crippen molar-refractivity contribution < 1.29 is 18.7 Å². The summed E-state index contributed by atoms with van der Waals surface area (Å²) < 4.78 is 23.7. The molecule has 1 N–H and O–H groups in total. The van der Waals surface area contributed by atoms with E-state index >= 15 is 0 Å². The molecule has 5 nitrogen and oxygen atoms in total. The molecule has 0 spiro atoms. The monoisotopic (exact) mass is 332 g/mol. The van der Waals surface area contributed by atoms with Crippen molar-refractivity contribution in [2.75, 3.05) is 21.3 Å². The molecule has 2 amide bonds. The Morgan fingerprint density at radius 2 is 1.92 bits per heavy atom. The van der Waals surface area contributed by atoms with Gasteiger partial charge in [-0.3, -0.25) is 0 Å². The summed E-state index contributed by atoms with van der Waals surface area (Å²) in [6, 6.07) is 11.9. The molecule has 0 aromatic heterocycles. The van der Waals surface area contributed by atoms with Gasteiger partial charge >= 0.3 is 6.03 Å². The third-order valence-corrected chi connectivity index (χ3v) is 3.56. The number of hydrogen-bond acceptors (Lipinski definition) is 3. The van der Waals surface area contributed by atoms with Gasteiger partial charge in [-0.2, -0.15) is 0 Å². The number of urea groups is 1. The Kier molecular flexibility index (Phi) is 6.01. The molecule has 2 aromatic carbocycles. The lowest BCUT2D eigenvalue weighted by Gasteiger charge is -2.18. The number of amides is 2. The van der Waals surface area contributed by atoms with Gasteiger partial charge in [0, 0.05) is 20.1 Å². The Morgan fingerprint density at radius 3 is 2.58 bits per heavy atom. The lowest BCUT2D eigenvalue weighted by Crippen LogP contribution is -2.36. The smallest absolute Gasteiger partial charge is 0.317 e. The van der Waals surface area contributed by atoms with Gasteiger partial charge in [-0.05, 0) is 35.4 Å². The number of benzene rings is 2. The normalized spacial score (nSPS) is 10.2. The number of ether oxygens (including phenoxy) is 2. The third-order valence-electron chi connectivity index (χ3n) is 3.56. The summed E-state index contributed by atoms with van der Waals surface area (Å²) in [4.78, 5) is 13.6. The van der Waals surface area contributed by atoms with Crippen LogP contribution in [0.5, 0.6) is 11.5 Å². The molecule has 2 aromatic rings. The van der Waals surface area contributed by atoms with Crippen molar-refractivity contribution in [3.63, 3.8) is 0 Å². The maximum atomic E-state index is 13.7. The van der Waals surface area contributed by atoms with Crippen LogP contribution in [0.2, 0.25) is 0 Å². The van der Waals surface area contributed by atoms with Gasteiger partial charge < -0.3 is 19.7 Å². The van der Waals surface area contributed by atoms with Crippen LogP contribution >= 0.6 is 0 Å². The largest absolute Gasteiger partial charge is 0.497 e. The molecule has 0 bridgehead atoms. The van der Waals surface area contributed by atoms with Crippen LogP contribution in [-0.2, 0) is 13.1 Å². The molecule has 128 valence electrons. The molecule has 0 saturated carbocycles. The van der Waals surface area contributed by atoms with E-state index in [-0.39, 0.29) is 11.8 Å². The number of carbonyl (C=O) groups excluding carboxylic acids is 1. The molecule has 0 unspecified atom stereocenters. The van der Waals surface area contributed by atoms with E-state index in [9.17, 15) is 9.18 Å². The molecule has 0 aliphatic heterocycles. The predicted octanol–water partition coefficient (Wildman–Crippen LogP) is 3.18. The van der Waals surface area contributed by atoms with Gasteiger partial charge in [-0.15, -0.1) is 0 Å². The van der Waals surface area contributed by atoms with Crippen LogP contribution in [-0.4, -0.2) is 32.2 Å². The van der Waals surface area contributed by atoms with Gasteiger partial charge in [0.1, 0.15) is 5.75 Å². The number of nitrogens with one attached hydrogen (secondary N) is 1. The van der Waals surface area contributed by atoms with Crippen LogP contribution in [0.15, 0.2) is 42.5 Å². The fraction of sp³-hybridized carbons (Fsp3) is 0.278. The van der Waals surface area contributed by atoms with E-state index < -0.39 is 5.82 Å². The van der Waals surface area contributed by atoms with Crippen molar-refractivity contribution in [1.29, 1.82) is 0 Å². The Morgan fingerprint density at radius 1 is 1.12 bits per heavy atom. The molecule has 0 heterocycles. The molecular weight excluding hydrogens is 311 g/mol. The van der Waals surface area contributed by atoms with E-state index in [0.29, 0.717) is 18.7 Å². The minimum atomic E-state index is -0.444. The standard InChI is InChI=1S/C18H21FN2O3/c1-21(12-14-7-8-17(24-3)16(19)10-14)18(22)20-11-13-5-4-6-15(9-13)23-2/h4-10H,11-12H2,1-3H3,(H,20,22). The highest BCUT2D eigenvalue weighted by Gasteiger charge is 2.11. The average Bonchev–Trinajstić information content (AvgIpc) is 2.60. The van der Waals surface area contributed by atoms with Crippen LogP contribution in [0.25, 0.3) is 0 Å². The maximum Gasteiger partial charge on any atom is 0.317 e. The number of hydrogen-bond donors (Lipinski definition) is 1. The van der Waals surface area contributed by atoms with Crippen LogP contribution in [0.1, 0.15) is 11.1 Å².